The van der Waals surface area contributed by atoms with E-state index >= 15 is 0 Å². The predicted octanol–water partition coefficient (Wildman–Crippen LogP) is 1.71. The van der Waals surface area contributed by atoms with E-state index in [-0.39, 0.29) is 0 Å². The molecule has 0 spiro atoms. The number of carboxylic acid groups (broad SMARTS) is 1. The number of rotatable bonds is 6. The summed E-state index contributed by atoms with van der Waals surface area (Å²) in [4.78, 5) is 22.3. The molecule has 1 amide bonds. The van der Waals surface area contributed by atoms with Crippen LogP contribution in [0.3, 0.4) is 0 Å². The molecule has 106 valence electrons. The number of carboxylic acids is 1. The Morgan fingerprint density at radius 3 is 2.17 bits per heavy atom. The van der Waals surface area contributed by atoms with Crippen molar-refractivity contribution in [3.63, 3.8) is 0 Å². The quantitative estimate of drug-likeness (QED) is 0.652. The van der Waals surface area contributed by atoms with E-state index in [9.17, 15) is 22.8 Å². The maximum absolute atomic E-state index is 12.4. The van der Waals surface area contributed by atoms with Gasteiger partial charge in [0.25, 0.3) is 0 Å². The third-order valence-electron chi connectivity index (χ3n) is 2.67. The van der Waals surface area contributed by atoms with Crippen LogP contribution in [-0.4, -0.2) is 35.0 Å². The van der Waals surface area contributed by atoms with Gasteiger partial charge in [-0.15, -0.1) is 0 Å². The molecule has 2 N–H and O–H groups in total. The van der Waals surface area contributed by atoms with Gasteiger partial charge in [-0.1, -0.05) is 20.3 Å². The maximum atomic E-state index is 12.4. The van der Waals surface area contributed by atoms with Crippen LogP contribution in [0.25, 0.3) is 0 Å². The van der Waals surface area contributed by atoms with Crippen molar-refractivity contribution in [1.29, 1.82) is 0 Å². The van der Waals surface area contributed by atoms with Gasteiger partial charge in [-0.2, -0.15) is 25.8 Å². The SMILES string of the molecule is CC[C@H](C)[C@H](NC(=O)C(CS)C(F)(F)F)C(=O)O. The van der Waals surface area contributed by atoms with Gasteiger partial charge in [0.1, 0.15) is 12.0 Å². The third kappa shape index (κ3) is 4.75. The lowest BCUT2D eigenvalue weighted by atomic mass is 9.98. The molecule has 0 saturated heterocycles. The Hall–Kier alpha value is -0.920. The van der Waals surface area contributed by atoms with E-state index in [0.29, 0.717) is 6.42 Å². The summed E-state index contributed by atoms with van der Waals surface area (Å²) in [6.07, 6.45) is -4.31. The smallest absolute Gasteiger partial charge is 0.401 e. The van der Waals surface area contributed by atoms with E-state index in [4.69, 9.17) is 5.11 Å². The van der Waals surface area contributed by atoms with Crippen LogP contribution in [0.5, 0.6) is 0 Å². The minimum absolute atomic E-state index is 0.425. The summed E-state index contributed by atoms with van der Waals surface area (Å²) in [5.41, 5.74) is 0. The molecular weight excluding hydrogens is 271 g/mol. The number of carbonyl (C=O) groups is 2. The molecule has 8 heteroatoms. The van der Waals surface area contributed by atoms with Gasteiger partial charge in [-0.3, -0.25) is 4.79 Å². The molecule has 0 fully saturated rings. The number of thiol groups is 1. The normalized spacial score (nSPS) is 16.8. The van der Waals surface area contributed by atoms with Crippen molar-refractivity contribution in [2.45, 2.75) is 32.5 Å². The summed E-state index contributed by atoms with van der Waals surface area (Å²) < 4.78 is 37.3. The molecular formula is C10H16F3NO3S. The van der Waals surface area contributed by atoms with E-state index in [0.717, 1.165) is 0 Å². The van der Waals surface area contributed by atoms with Gasteiger partial charge in [0.05, 0.1) is 0 Å². The molecule has 0 heterocycles. The lowest BCUT2D eigenvalue weighted by Gasteiger charge is -2.24. The second kappa shape index (κ2) is 6.86. The number of hydrogen-bond acceptors (Lipinski definition) is 3. The number of hydrogen-bond donors (Lipinski definition) is 3. The highest BCUT2D eigenvalue weighted by atomic mass is 32.1. The molecule has 0 aliphatic rings. The van der Waals surface area contributed by atoms with Gasteiger partial charge in [0, 0.05) is 5.75 Å². The zero-order chi connectivity index (χ0) is 14.5. The molecule has 0 aliphatic heterocycles. The average molecular weight is 287 g/mol. The Morgan fingerprint density at radius 2 is 1.89 bits per heavy atom. The summed E-state index contributed by atoms with van der Waals surface area (Å²) in [6, 6.07) is -1.33. The van der Waals surface area contributed by atoms with Gasteiger partial charge in [-0.05, 0) is 5.92 Å². The molecule has 0 aliphatic carbocycles. The van der Waals surface area contributed by atoms with Gasteiger partial charge >= 0.3 is 12.1 Å². The van der Waals surface area contributed by atoms with Crippen molar-refractivity contribution in [2.24, 2.45) is 11.8 Å². The summed E-state index contributed by atoms with van der Waals surface area (Å²) in [7, 11) is 0. The topological polar surface area (TPSA) is 66.4 Å². The van der Waals surface area contributed by atoms with Gasteiger partial charge < -0.3 is 10.4 Å². The van der Waals surface area contributed by atoms with Crippen LogP contribution in [0.1, 0.15) is 20.3 Å². The molecule has 3 atom stereocenters. The van der Waals surface area contributed by atoms with Crippen LogP contribution >= 0.6 is 12.6 Å². The molecule has 0 rings (SSSR count). The van der Waals surface area contributed by atoms with Crippen molar-refractivity contribution in [1.82, 2.24) is 5.32 Å². The van der Waals surface area contributed by atoms with Crippen molar-refractivity contribution in [3.05, 3.63) is 0 Å². The molecule has 0 aromatic heterocycles. The monoisotopic (exact) mass is 287 g/mol. The number of carbonyl (C=O) groups excluding carboxylic acids is 1. The first-order chi connectivity index (χ1) is 8.15. The summed E-state index contributed by atoms with van der Waals surface area (Å²) in [6.45, 7) is 3.23. The summed E-state index contributed by atoms with van der Waals surface area (Å²) in [5.74, 6) is -6.18. The van der Waals surface area contributed by atoms with E-state index in [1.165, 1.54) is 0 Å². The molecule has 1 unspecified atom stereocenters. The Morgan fingerprint density at radius 1 is 1.39 bits per heavy atom. The van der Waals surface area contributed by atoms with E-state index < -0.39 is 41.7 Å². The Bertz CT molecular complexity index is 309. The van der Waals surface area contributed by atoms with Gasteiger partial charge in [0.15, 0.2) is 0 Å². The first kappa shape index (κ1) is 17.1. The van der Waals surface area contributed by atoms with Gasteiger partial charge in [0.2, 0.25) is 5.91 Å². The van der Waals surface area contributed by atoms with Crippen LogP contribution in [0.2, 0.25) is 0 Å². The fourth-order valence-corrected chi connectivity index (χ4v) is 1.64. The minimum atomic E-state index is -4.73. The number of alkyl halides is 3. The van der Waals surface area contributed by atoms with Crippen molar-refractivity contribution >= 4 is 24.5 Å². The van der Waals surface area contributed by atoms with Crippen LogP contribution in [0.4, 0.5) is 13.2 Å². The van der Waals surface area contributed by atoms with Crippen molar-refractivity contribution in [3.8, 4) is 0 Å². The maximum Gasteiger partial charge on any atom is 0.401 e. The minimum Gasteiger partial charge on any atom is -0.480 e. The van der Waals surface area contributed by atoms with Crippen LogP contribution < -0.4 is 5.32 Å². The molecule has 0 aromatic carbocycles. The molecule has 0 bridgehead atoms. The van der Waals surface area contributed by atoms with Crippen LogP contribution in [-0.2, 0) is 9.59 Å². The standard InChI is InChI=1S/C10H16F3NO3S/c1-3-5(2)7(9(16)17)14-8(15)6(4-18)10(11,12)13/h5-7,18H,3-4H2,1-2H3,(H,14,15)(H,16,17)/t5-,6?,7-/m0/s1. The van der Waals surface area contributed by atoms with E-state index in [1.807, 2.05) is 5.32 Å². The van der Waals surface area contributed by atoms with Crippen LogP contribution in [0.15, 0.2) is 0 Å². The molecule has 0 radical (unpaired) electrons. The average Bonchev–Trinajstić information content (AvgIpc) is 2.23. The largest absolute Gasteiger partial charge is 0.480 e. The number of nitrogens with one attached hydrogen (secondary N) is 1. The second-order valence-electron chi connectivity index (χ2n) is 3.99. The molecule has 0 saturated carbocycles. The third-order valence-corrected chi connectivity index (χ3v) is 3.04. The van der Waals surface area contributed by atoms with Crippen molar-refractivity contribution in [2.75, 3.05) is 5.75 Å². The fourth-order valence-electron chi connectivity index (χ4n) is 1.27. The Labute approximate surface area is 108 Å². The highest BCUT2D eigenvalue weighted by Gasteiger charge is 2.45. The number of aliphatic carboxylic acids is 1. The molecule has 4 nitrogen and oxygen atoms in total. The number of halogens is 3. The highest BCUT2D eigenvalue weighted by molar-refractivity contribution is 7.80. The Balaban J connectivity index is 4.84. The lowest BCUT2D eigenvalue weighted by molar-refractivity contribution is -0.179. The highest BCUT2D eigenvalue weighted by Crippen LogP contribution is 2.27. The van der Waals surface area contributed by atoms with Gasteiger partial charge in [-0.25, -0.2) is 4.79 Å². The van der Waals surface area contributed by atoms with Crippen molar-refractivity contribution < 1.29 is 27.9 Å². The zero-order valence-corrected chi connectivity index (χ0v) is 10.9. The predicted molar refractivity (Wildman–Crippen MR) is 62.4 cm³/mol. The molecule has 0 aromatic rings. The summed E-state index contributed by atoms with van der Waals surface area (Å²) >= 11 is 3.47. The van der Waals surface area contributed by atoms with E-state index in [1.54, 1.807) is 13.8 Å². The Kier molecular flexibility index (Phi) is 6.51. The second-order valence-corrected chi connectivity index (χ2v) is 4.35. The van der Waals surface area contributed by atoms with Crippen LogP contribution in [0, 0.1) is 11.8 Å². The summed E-state index contributed by atoms with van der Waals surface area (Å²) in [5, 5.41) is 10.8. The number of amides is 1. The first-order valence-corrected chi connectivity index (χ1v) is 5.99. The molecule has 18 heavy (non-hydrogen) atoms. The lowest BCUT2D eigenvalue weighted by Crippen LogP contribution is -2.50. The van der Waals surface area contributed by atoms with E-state index in [2.05, 4.69) is 12.6 Å². The first-order valence-electron chi connectivity index (χ1n) is 5.35. The zero-order valence-electron chi connectivity index (χ0n) is 9.99. The fraction of sp³-hybridized carbons (Fsp3) is 0.800.